The van der Waals surface area contributed by atoms with E-state index in [-0.39, 0.29) is 0 Å². The van der Waals surface area contributed by atoms with Gasteiger partial charge in [0.2, 0.25) is 0 Å². The first-order valence-electron chi connectivity index (χ1n) is 6.07. The Kier molecular flexibility index (Phi) is 2.77. The first-order valence-corrected chi connectivity index (χ1v) is 7.02. The average molecular weight is 243 g/mol. The quantitative estimate of drug-likeness (QED) is 0.873. The van der Waals surface area contributed by atoms with Crippen LogP contribution in [-0.2, 0) is 11.8 Å². The summed E-state index contributed by atoms with van der Waals surface area (Å²) >= 11 is 1.79. The molecule has 2 heterocycles. The predicted octanol–water partition coefficient (Wildman–Crippen LogP) is 3.14. The molecule has 0 spiro atoms. The summed E-state index contributed by atoms with van der Waals surface area (Å²) in [6.07, 6.45) is 1.16. The van der Waals surface area contributed by atoms with Crippen LogP contribution in [0, 0.1) is 6.92 Å². The Hall–Kier alpha value is -1.12. The van der Waals surface area contributed by atoms with Gasteiger partial charge in [-0.2, -0.15) is 11.3 Å². The SMILES string of the molecule is Cc1ccc(C2(Cc3ccsc3)CNC2)cc1. The van der Waals surface area contributed by atoms with Crippen molar-refractivity contribution in [3.63, 3.8) is 0 Å². The molecular weight excluding hydrogens is 226 g/mol. The van der Waals surface area contributed by atoms with Crippen molar-refractivity contribution in [1.29, 1.82) is 0 Å². The van der Waals surface area contributed by atoms with Gasteiger partial charge in [0.1, 0.15) is 0 Å². The van der Waals surface area contributed by atoms with Crippen molar-refractivity contribution in [2.24, 2.45) is 0 Å². The van der Waals surface area contributed by atoms with Gasteiger partial charge in [-0.3, -0.25) is 0 Å². The van der Waals surface area contributed by atoms with E-state index in [4.69, 9.17) is 0 Å². The number of thiophene rings is 1. The summed E-state index contributed by atoms with van der Waals surface area (Å²) in [5, 5.41) is 7.87. The summed E-state index contributed by atoms with van der Waals surface area (Å²) in [4.78, 5) is 0. The van der Waals surface area contributed by atoms with Crippen molar-refractivity contribution in [3.05, 3.63) is 57.8 Å². The summed E-state index contributed by atoms with van der Waals surface area (Å²) in [5.74, 6) is 0. The third-order valence-electron chi connectivity index (χ3n) is 3.71. The van der Waals surface area contributed by atoms with Gasteiger partial charge in [0.05, 0.1) is 0 Å². The lowest BCUT2D eigenvalue weighted by Gasteiger charge is -2.43. The van der Waals surface area contributed by atoms with Crippen LogP contribution >= 0.6 is 11.3 Å². The molecule has 0 amide bonds. The summed E-state index contributed by atoms with van der Waals surface area (Å²) in [6.45, 7) is 4.35. The van der Waals surface area contributed by atoms with Crippen molar-refractivity contribution >= 4 is 11.3 Å². The fourth-order valence-corrected chi connectivity index (χ4v) is 3.22. The lowest BCUT2D eigenvalue weighted by atomic mass is 9.71. The molecule has 0 atom stereocenters. The Morgan fingerprint density at radius 2 is 1.94 bits per heavy atom. The highest BCUT2D eigenvalue weighted by Gasteiger charge is 2.38. The van der Waals surface area contributed by atoms with E-state index in [1.54, 1.807) is 11.3 Å². The molecule has 1 nitrogen and oxygen atoms in total. The van der Waals surface area contributed by atoms with Gasteiger partial charge in [0.15, 0.2) is 0 Å². The standard InChI is InChI=1S/C15H17NS/c1-12-2-4-14(5-3-12)15(10-16-11-15)8-13-6-7-17-9-13/h2-7,9,16H,8,10-11H2,1H3. The molecule has 3 rings (SSSR count). The molecule has 0 saturated carbocycles. The Morgan fingerprint density at radius 3 is 2.47 bits per heavy atom. The summed E-state index contributed by atoms with van der Waals surface area (Å²) in [7, 11) is 0. The fourth-order valence-electron chi connectivity index (χ4n) is 2.55. The third kappa shape index (κ3) is 2.03. The van der Waals surface area contributed by atoms with E-state index >= 15 is 0 Å². The lowest BCUT2D eigenvalue weighted by Crippen LogP contribution is -2.58. The number of hydrogen-bond donors (Lipinski definition) is 1. The van der Waals surface area contributed by atoms with Crippen LogP contribution < -0.4 is 5.32 Å². The minimum Gasteiger partial charge on any atom is -0.315 e. The molecule has 88 valence electrons. The van der Waals surface area contributed by atoms with Gasteiger partial charge < -0.3 is 5.32 Å². The van der Waals surface area contributed by atoms with Crippen LogP contribution in [-0.4, -0.2) is 13.1 Å². The molecule has 0 unspecified atom stereocenters. The molecule has 1 aromatic carbocycles. The minimum atomic E-state index is 0.328. The maximum atomic E-state index is 3.43. The Labute approximate surface area is 106 Å². The molecule has 1 fully saturated rings. The zero-order valence-electron chi connectivity index (χ0n) is 10.1. The van der Waals surface area contributed by atoms with Gasteiger partial charge in [-0.25, -0.2) is 0 Å². The van der Waals surface area contributed by atoms with Crippen molar-refractivity contribution in [2.45, 2.75) is 18.8 Å². The van der Waals surface area contributed by atoms with Gasteiger partial charge in [0, 0.05) is 18.5 Å². The van der Waals surface area contributed by atoms with Crippen molar-refractivity contribution in [1.82, 2.24) is 5.32 Å². The number of nitrogens with one attached hydrogen (secondary N) is 1. The molecule has 1 N–H and O–H groups in total. The van der Waals surface area contributed by atoms with Gasteiger partial charge >= 0.3 is 0 Å². The van der Waals surface area contributed by atoms with Crippen LogP contribution in [0.1, 0.15) is 16.7 Å². The van der Waals surface area contributed by atoms with E-state index in [9.17, 15) is 0 Å². The highest BCUT2D eigenvalue weighted by Crippen LogP contribution is 2.33. The van der Waals surface area contributed by atoms with Crippen LogP contribution in [0.3, 0.4) is 0 Å². The Balaban J connectivity index is 1.89. The van der Waals surface area contributed by atoms with E-state index in [1.807, 2.05) is 0 Å². The summed E-state index contributed by atoms with van der Waals surface area (Å²) in [6, 6.07) is 11.3. The highest BCUT2D eigenvalue weighted by molar-refractivity contribution is 7.07. The fraction of sp³-hybridized carbons (Fsp3) is 0.333. The molecule has 1 saturated heterocycles. The van der Waals surface area contributed by atoms with Crippen molar-refractivity contribution in [3.8, 4) is 0 Å². The van der Waals surface area contributed by atoms with Crippen molar-refractivity contribution < 1.29 is 0 Å². The normalized spacial score (nSPS) is 17.7. The molecule has 2 heteroatoms. The highest BCUT2D eigenvalue weighted by atomic mass is 32.1. The first kappa shape index (κ1) is 11.0. The van der Waals surface area contributed by atoms with Crippen LogP contribution in [0.2, 0.25) is 0 Å². The second kappa shape index (κ2) is 4.28. The van der Waals surface area contributed by atoms with Gasteiger partial charge in [-0.15, -0.1) is 0 Å². The zero-order valence-corrected chi connectivity index (χ0v) is 10.9. The van der Waals surface area contributed by atoms with E-state index in [2.05, 4.69) is 53.3 Å². The zero-order chi connectivity index (χ0) is 11.7. The molecule has 1 aliphatic heterocycles. The smallest absolute Gasteiger partial charge is 0.0243 e. The van der Waals surface area contributed by atoms with Crippen molar-refractivity contribution in [2.75, 3.05) is 13.1 Å². The lowest BCUT2D eigenvalue weighted by molar-refractivity contribution is 0.275. The number of hydrogen-bond acceptors (Lipinski definition) is 2. The third-order valence-corrected chi connectivity index (χ3v) is 4.45. The van der Waals surface area contributed by atoms with Crippen LogP contribution in [0.5, 0.6) is 0 Å². The first-order chi connectivity index (χ1) is 8.28. The predicted molar refractivity (Wildman–Crippen MR) is 73.7 cm³/mol. The topological polar surface area (TPSA) is 12.0 Å². The van der Waals surface area contributed by atoms with Gasteiger partial charge in [-0.1, -0.05) is 29.8 Å². The second-order valence-corrected chi connectivity index (χ2v) is 5.84. The average Bonchev–Trinajstić information content (AvgIpc) is 2.77. The Bertz CT molecular complexity index is 480. The molecule has 1 aliphatic rings. The van der Waals surface area contributed by atoms with Gasteiger partial charge in [-0.05, 0) is 41.3 Å². The number of aryl methyl sites for hydroxylation is 1. The van der Waals surface area contributed by atoms with Crippen LogP contribution in [0.25, 0.3) is 0 Å². The monoisotopic (exact) mass is 243 g/mol. The molecule has 0 aliphatic carbocycles. The van der Waals surface area contributed by atoms with E-state index < -0.39 is 0 Å². The largest absolute Gasteiger partial charge is 0.315 e. The number of benzene rings is 1. The van der Waals surface area contributed by atoms with Crippen LogP contribution in [0.15, 0.2) is 41.1 Å². The van der Waals surface area contributed by atoms with E-state index in [1.165, 1.54) is 16.7 Å². The van der Waals surface area contributed by atoms with E-state index in [0.29, 0.717) is 5.41 Å². The van der Waals surface area contributed by atoms with Crippen LogP contribution in [0.4, 0.5) is 0 Å². The molecule has 17 heavy (non-hydrogen) atoms. The molecule has 0 bridgehead atoms. The second-order valence-electron chi connectivity index (χ2n) is 5.06. The minimum absolute atomic E-state index is 0.328. The molecule has 2 aromatic rings. The maximum absolute atomic E-state index is 3.43. The summed E-state index contributed by atoms with van der Waals surface area (Å²) in [5.41, 5.74) is 4.62. The number of rotatable bonds is 3. The van der Waals surface area contributed by atoms with E-state index in [0.717, 1.165) is 19.5 Å². The van der Waals surface area contributed by atoms with Gasteiger partial charge in [0.25, 0.3) is 0 Å². The summed E-state index contributed by atoms with van der Waals surface area (Å²) < 4.78 is 0. The molecule has 0 radical (unpaired) electrons. The molecular formula is C15H17NS. The Morgan fingerprint density at radius 1 is 1.18 bits per heavy atom. The molecule has 1 aromatic heterocycles. The maximum Gasteiger partial charge on any atom is 0.0243 e.